The van der Waals surface area contributed by atoms with Crippen LogP contribution >= 0.6 is 0 Å². The van der Waals surface area contributed by atoms with Gasteiger partial charge in [-0.15, -0.1) is 0 Å². The van der Waals surface area contributed by atoms with Crippen LogP contribution in [-0.2, 0) is 17.8 Å². The number of carbonyl (C=O) groups excluding carboxylic acids is 1. The van der Waals surface area contributed by atoms with Crippen LogP contribution in [0.25, 0.3) is 0 Å². The minimum absolute atomic E-state index is 0.143. The van der Waals surface area contributed by atoms with Gasteiger partial charge >= 0.3 is 0 Å². The van der Waals surface area contributed by atoms with Crippen molar-refractivity contribution in [2.45, 2.75) is 50.7 Å². The van der Waals surface area contributed by atoms with Crippen LogP contribution < -0.4 is 5.32 Å². The predicted octanol–water partition coefficient (Wildman–Crippen LogP) is 2.76. The van der Waals surface area contributed by atoms with E-state index in [2.05, 4.69) is 22.5 Å². The summed E-state index contributed by atoms with van der Waals surface area (Å²) < 4.78 is 1.80. The van der Waals surface area contributed by atoms with Crippen LogP contribution in [0.4, 0.5) is 5.82 Å². The Hall–Kier alpha value is -2.14. The first-order chi connectivity index (χ1) is 11.1. The van der Waals surface area contributed by atoms with Gasteiger partial charge in [0.2, 0.25) is 5.91 Å². The molecule has 0 radical (unpaired) electrons. The Morgan fingerprint density at radius 3 is 2.70 bits per heavy atom. The summed E-state index contributed by atoms with van der Waals surface area (Å²) in [7, 11) is 0. The monoisotopic (exact) mass is 313 g/mol. The standard InChI is InChI=1S/C18H23N3O2/c22-17(14-18(23)10-4-5-11-18)20-16-8-12-19-21(16)13-9-15-6-2-1-3-7-15/h1-3,6-8,12,23H,4-5,9-11,13-14H2,(H,20,22). The van der Waals surface area contributed by atoms with Gasteiger partial charge in [-0.2, -0.15) is 5.10 Å². The van der Waals surface area contributed by atoms with E-state index in [-0.39, 0.29) is 12.3 Å². The summed E-state index contributed by atoms with van der Waals surface area (Å²) >= 11 is 0. The molecule has 0 spiro atoms. The summed E-state index contributed by atoms with van der Waals surface area (Å²) in [4.78, 5) is 12.2. The van der Waals surface area contributed by atoms with Crippen molar-refractivity contribution in [1.29, 1.82) is 0 Å². The van der Waals surface area contributed by atoms with Gasteiger partial charge in [0, 0.05) is 12.6 Å². The van der Waals surface area contributed by atoms with Crippen LogP contribution in [0, 0.1) is 0 Å². The van der Waals surface area contributed by atoms with Crippen molar-refractivity contribution >= 4 is 11.7 Å². The van der Waals surface area contributed by atoms with Gasteiger partial charge in [-0.1, -0.05) is 43.2 Å². The summed E-state index contributed by atoms with van der Waals surface area (Å²) in [5, 5.41) is 17.5. The van der Waals surface area contributed by atoms with Gasteiger partial charge in [0.1, 0.15) is 5.82 Å². The average Bonchev–Trinajstić information content (AvgIpc) is 3.15. The number of rotatable bonds is 6. The van der Waals surface area contributed by atoms with Crippen molar-refractivity contribution in [2.75, 3.05) is 5.32 Å². The second-order valence-electron chi connectivity index (χ2n) is 6.33. The first-order valence-corrected chi connectivity index (χ1v) is 8.23. The maximum atomic E-state index is 12.2. The molecule has 122 valence electrons. The number of aromatic nitrogens is 2. The number of anilines is 1. The zero-order valence-electron chi connectivity index (χ0n) is 13.2. The zero-order valence-corrected chi connectivity index (χ0v) is 13.2. The highest BCUT2D eigenvalue weighted by Crippen LogP contribution is 2.32. The number of nitrogens with zero attached hydrogens (tertiary/aromatic N) is 2. The van der Waals surface area contributed by atoms with Crippen molar-refractivity contribution < 1.29 is 9.90 Å². The van der Waals surface area contributed by atoms with Gasteiger partial charge in [-0.3, -0.25) is 4.79 Å². The quantitative estimate of drug-likeness (QED) is 0.861. The average molecular weight is 313 g/mol. The molecule has 5 nitrogen and oxygen atoms in total. The highest BCUT2D eigenvalue weighted by molar-refractivity contribution is 5.90. The maximum Gasteiger partial charge on any atom is 0.228 e. The lowest BCUT2D eigenvalue weighted by Crippen LogP contribution is -2.31. The summed E-state index contributed by atoms with van der Waals surface area (Å²) in [5.41, 5.74) is 0.416. The second-order valence-corrected chi connectivity index (χ2v) is 6.33. The molecule has 0 unspecified atom stereocenters. The molecule has 1 saturated carbocycles. The van der Waals surface area contributed by atoms with Crippen LogP contribution in [0.2, 0.25) is 0 Å². The lowest BCUT2D eigenvalue weighted by Gasteiger charge is -2.21. The van der Waals surface area contributed by atoms with Gasteiger partial charge in [0.25, 0.3) is 0 Å². The Kier molecular flexibility index (Phi) is 4.76. The van der Waals surface area contributed by atoms with Crippen molar-refractivity contribution in [2.24, 2.45) is 0 Å². The molecule has 2 aromatic rings. The number of amides is 1. The molecule has 0 bridgehead atoms. The molecule has 1 heterocycles. The normalized spacial score (nSPS) is 16.4. The van der Waals surface area contributed by atoms with E-state index < -0.39 is 5.60 Å². The molecule has 1 amide bonds. The molecule has 0 saturated heterocycles. The van der Waals surface area contributed by atoms with E-state index in [1.807, 2.05) is 18.2 Å². The fourth-order valence-corrected chi connectivity index (χ4v) is 3.19. The van der Waals surface area contributed by atoms with Gasteiger partial charge in [-0.25, -0.2) is 4.68 Å². The number of aryl methyl sites for hydroxylation is 2. The molecule has 1 aliphatic rings. The van der Waals surface area contributed by atoms with E-state index in [4.69, 9.17) is 0 Å². The SMILES string of the molecule is O=C(CC1(O)CCCC1)Nc1ccnn1CCc1ccccc1. The van der Waals surface area contributed by atoms with Crippen LogP contribution in [0.1, 0.15) is 37.7 Å². The number of hydrogen-bond donors (Lipinski definition) is 2. The molecule has 1 aromatic heterocycles. The molecule has 0 atom stereocenters. The Morgan fingerprint density at radius 1 is 1.22 bits per heavy atom. The second kappa shape index (κ2) is 6.96. The Balaban J connectivity index is 1.56. The molecule has 0 aliphatic heterocycles. The number of aliphatic hydroxyl groups is 1. The predicted molar refractivity (Wildman–Crippen MR) is 89.0 cm³/mol. The highest BCUT2D eigenvalue weighted by atomic mass is 16.3. The number of benzene rings is 1. The van der Waals surface area contributed by atoms with Crippen molar-refractivity contribution in [3.05, 3.63) is 48.2 Å². The lowest BCUT2D eigenvalue weighted by molar-refractivity contribution is -0.120. The van der Waals surface area contributed by atoms with E-state index in [0.717, 1.165) is 19.3 Å². The highest BCUT2D eigenvalue weighted by Gasteiger charge is 2.33. The summed E-state index contributed by atoms with van der Waals surface area (Å²) in [6.07, 6.45) is 6.13. The molecular weight excluding hydrogens is 290 g/mol. The molecular formula is C18H23N3O2. The summed E-state index contributed by atoms with van der Waals surface area (Å²) in [5.74, 6) is 0.545. The first-order valence-electron chi connectivity index (χ1n) is 8.23. The van der Waals surface area contributed by atoms with Crippen LogP contribution in [0.5, 0.6) is 0 Å². The van der Waals surface area contributed by atoms with Crippen LogP contribution in [0.3, 0.4) is 0 Å². The fourth-order valence-electron chi connectivity index (χ4n) is 3.19. The largest absolute Gasteiger partial charge is 0.389 e. The van der Waals surface area contributed by atoms with Gasteiger partial charge in [0.05, 0.1) is 18.2 Å². The lowest BCUT2D eigenvalue weighted by atomic mass is 9.98. The van der Waals surface area contributed by atoms with E-state index in [1.54, 1.807) is 16.9 Å². The summed E-state index contributed by atoms with van der Waals surface area (Å²) in [6, 6.07) is 12.0. The Labute approximate surface area is 136 Å². The van der Waals surface area contributed by atoms with Crippen molar-refractivity contribution in [3.63, 3.8) is 0 Å². The third kappa shape index (κ3) is 4.20. The first kappa shape index (κ1) is 15.7. The van der Waals surface area contributed by atoms with Crippen LogP contribution in [-0.4, -0.2) is 26.4 Å². The van der Waals surface area contributed by atoms with Gasteiger partial charge in [-0.05, 0) is 24.8 Å². The Bertz CT molecular complexity index is 645. The van der Waals surface area contributed by atoms with E-state index in [9.17, 15) is 9.90 Å². The fraction of sp³-hybridized carbons (Fsp3) is 0.444. The minimum Gasteiger partial charge on any atom is -0.389 e. The Morgan fingerprint density at radius 2 is 1.96 bits per heavy atom. The van der Waals surface area contributed by atoms with E-state index in [1.165, 1.54) is 5.56 Å². The van der Waals surface area contributed by atoms with Gasteiger partial charge < -0.3 is 10.4 Å². The number of hydrogen-bond acceptors (Lipinski definition) is 3. The molecule has 3 rings (SSSR count). The zero-order chi connectivity index (χ0) is 16.1. The topological polar surface area (TPSA) is 67.2 Å². The van der Waals surface area contributed by atoms with Gasteiger partial charge in [0.15, 0.2) is 0 Å². The third-order valence-electron chi connectivity index (χ3n) is 4.46. The third-order valence-corrected chi connectivity index (χ3v) is 4.46. The van der Waals surface area contributed by atoms with E-state index >= 15 is 0 Å². The number of nitrogens with one attached hydrogen (secondary N) is 1. The van der Waals surface area contributed by atoms with E-state index in [0.29, 0.717) is 25.2 Å². The molecule has 1 aliphatic carbocycles. The molecule has 1 fully saturated rings. The minimum atomic E-state index is -0.820. The maximum absolute atomic E-state index is 12.2. The molecule has 5 heteroatoms. The summed E-state index contributed by atoms with van der Waals surface area (Å²) in [6.45, 7) is 0.705. The smallest absolute Gasteiger partial charge is 0.228 e. The molecule has 23 heavy (non-hydrogen) atoms. The molecule has 1 aromatic carbocycles. The van der Waals surface area contributed by atoms with Crippen molar-refractivity contribution in [1.82, 2.24) is 9.78 Å². The van der Waals surface area contributed by atoms with Crippen LogP contribution in [0.15, 0.2) is 42.6 Å². The van der Waals surface area contributed by atoms with Crippen molar-refractivity contribution in [3.8, 4) is 0 Å². The number of carbonyl (C=O) groups is 1. The molecule has 2 N–H and O–H groups in total.